The number of amides is 3. The highest BCUT2D eigenvalue weighted by molar-refractivity contribution is 7.57. The lowest BCUT2D eigenvalue weighted by Crippen LogP contribution is -2.45. The highest BCUT2D eigenvalue weighted by atomic mass is 31.1. The van der Waals surface area contributed by atoms with Crippen molar-refractivity contribution in [2.75, 3.05) is 38.2 Å². The first kappa shape index (κ1) is 60.9. The number of hydrogen-bond acceptors (Lipinski definition) is 13. The average Bonchev–Trinajstić information content (AvgIpc) is 3.82. The van der Waals surface area contributed by atoms with Gasteiger partial charge in [-0.2, -0.15) is 0 Å². The molecule has 1 aromatic heterocycles. The fourth-order valence-electron chi connectivity index (χ4n) is 8.62. The molecule has 1 aliphatic rings. The molecule has 398 valence electrons. The maximum atomic E-state index is 13.2. The molecule has 71 heavy (non-hydrogen) atoms. The molecule has 1 saturated carbocycles. The number of benzene rings is 1. The van der Waals surface area contributed by atoms with Crippen molar-refractivity contribution in [3.8, 4) is 0 Å². The molecule has 0 bridgehead atoms. The Bertz CT molecular complexity index is 1970. The van der Waals surface area contributed by atoms with E-state index in [0.29, 0.717) is 101 Å². The fourth-order valence-corrected chi connectivity index (χ4v) is 9.72. The third-order valence-corrected chi connectivity index (χ3v) is 14.4. The van der Waals surface area contributed by atoms with Gasteiger partial charge in [-0.3, -0.25) is 28.8 Å². The predicted molar refractivity (Wildman–Crippen MR) is 277 cm³/mol. The number of nitrogens with two attached hydrogens (primary N) is 1. The molecule has 18 heteroatoms. The lowest BCUT2D eigenvalue weighted by atomic mass is 9.80. The number of aromatic nitrogens is 3. The van der Waals surface area contributed by atoms with Gasteiger partial charge in [0.15, 0.2) is 5.52 Å². The number of unbranched alkanes of at least 4 members (excludes halogenated alkanes) is 2. The molecule has 1 aliphatic carbocycles. The van der Waals surface area contributed by atoms with Crippen LogP contribution in [0.15, 0.2) is 30.5 Å². The minimum atomic E-state index is -0.842. The van der Waals surface area contributed by atoms with E-state index < -0.39 is 35.6 Å². The summed E-state index contributed by atoms with van der Waals surface area (Å²) in [5.74, 6) is -0.678. The first-order chi connectivity index (χ1) is 33.8. The quantitative estimate of drug-likeness (QED) is 0.0287. The zero-order valence-corrected chi connectivity index (χ0v) is 44.9. The summed E-state index contributed by atoms with van der Waals surface area (Å²) in [7, 11) is 0.156. The minimum Gasteiger partial charge on any atom is -0.461 e. The van der Waals surface area contributed by atoms with Gasteiger partial charge in [-0.25, -0.2) is 4.68 Å². The molecule has 1 aromatic carbocycles. The van der Waals surface area contributed by atoms with Crippen LogP contribution in [0.2, 0.25) is 0 Å². The van der Waals surface area contributed by atoms with Crippen LogP contribution in [0.3, 0.4) is 0 Å². The van der Waals surface area contributed by atoms with Crippen LogP contribution in [0.5, 0.6) is 0 Å². The maximum Gasteiger partial charge on any atom is 0.306 e. The monoisotopic (exact) mass is 1010 g/mol. The number of hydrogen-bond donors (Lipinski definition) is 4. The van der Waals surface area contributed by atoms with Crippen LogP contribution in [0, 0.1) is 17.8 Å². The predicted octanol–water partition coefficient (Wildman–Crippen LogP) is 7.85. The Labute approximate surface area is 424 Å². The summed E-state index contributed by atoms with van der Waals surface area (Å²) >= 11 is 0. The van der Waals surface area contributed by atoms with Crippen LogP contribution >= 0.6 is 8.58 Å². The highest BCUT2D eigenvalue weighted by Gasteiger charge is 2.29. The molecule has 3 atom stereocenters. The second-order valence-corrected chi connectivity index (χ2v) is 21.7. The molecular weight excluding hydrogens is 926 g/mol. The van der Waals surface area contributed by atoms with E-state index in [2.05, 4.69) is 47.0 Å². The molecule has 3 rings (SSSR count). The SMILES string of the molecule is CCCC(=O)OCc1ccc(NC(=O)C(CCCCN)NC(=O)COCC(=O)NCCC(C)(C)OCCC(C)(C)n2cc(CPC(=O)C3CCC(CCCCC(=O)C(CCC)CC(C)=O)CC3)nn2)cc1. The summed E-state index contributed by atoms with van der Waals surface area (Å²) < 4.78 is 18.7. The van der Waals surface area contributed by atoms with Crippen LogP contribution < -0.4 is 21.7 Å². The number of ether oxygens (including phenoxy) is 3. The Morgan fingerprint density at radius 3 is 2.27 bits per heavy atom. The smallest absolute Gasteiger partial charge is 0.306 e. The van der Waals surface area contributed by atoms with Gasteiger partial charge in [-0.05, 0) is 150 Å². The van der Waals surface area contributed by atoms with Crippen molar-refractivity contribution in [2.45, 2.75) is 194 Å². The average molecular weight is 1010 g/mol. The Kier molecular flexibility index (Phi) is 27.9. The van der Waals surface area contributed by atoms with Gasteiger partial charge in [0.05, 0.1) is 16.8 Å². The first-order valence-electron chi connectivity index (χ1n) is 26.1. The van der Waals surface area contributed by atoms with Gasteiger partial charge in [-0.1, -0.05) is 50.5 Å². The van der Waals surface area contributed by atoms with Crippen LogP contribution in [0.4, 0.5) is 5.69 Å². The third kappa shape index (κ3) is 24.7. The summed E-state index contributed by atoms with van der Waals surface area (Å²) in [5, 5.41) is 17.1. The number of ketones is 2. The van der Waals surface area contributed by atoms with Crippen molar-refractivity contribution in [1.29, 1.82) is 0 Å². The van der Waals surface area contributed by atoms with Gasteiger partial charge in [0.2, 0.25) is 17.7 Å². The molecule has 1 heterocycles. The van der Waals surface area contributed by atoms with Crippen molar-refractivity contribution in [3.05, 3.63) is 41.7 Å². The van der Waals surface area contributed by atoms with E-state index in [1.54, 1.807) is 31.2 Å². The third-order valence-electron chi connectivity index (χ3n) is 13.1. The van der Waals surface area contributed by atoms with E-state index in [1.165, 1.54) is 0 Å². The van der Waals surface area contributed by atoms with E-state index in [0.717, 1.165) is 69.0 Å². The minimum absolute atomic E-state index is 0.0873. The van der Waals surface area contributed by atoms with Gasteiger partial charge < -0.3 is 40.7 Å². The molecule has 0 aliphatic heterocycles. The van der Waals surface area contributed by atoms with Gasteiger partial charge in [0.1, 0.15) is 37.4 Å². The fraction of sp³-hybridized carbons (Fsp3) is 0.717. The van der Waals surface area contributed by atoms with Crippen LogP contribution in [-0.4, -0.2) is 100 Å². The summed E-state index contributed by atoms with van der Waals surface area (Å²) in [6, 6.07) is 6.07. The summed E-state index contributed by atoms with van der Waals surface area (Å²) in [6.45, 7) is 14.2. The lowest BCUT2D eigenvalue weighted by Gasteiger charge is -2.29. The maximum absolute atomic E-state index is 13.2. The Hall–Kier alpha value is -4.44. The van der Waals surface area contributed by atoms with Crippen LogP contribution in [-0.2, 0) is 66.1 Å². The number of nitrogens with zero attached hydrogens (tertiary/aromatic N) is 3. The summed E-state index contributed by atoms with van der Waals surface area (Å²) in [6.07, 6.45) is 16.0. The summed E-state index contributed by atoms with van der Waals surface area (Å²) in [5.41, 5.74) is 7.15. The van der Waals surface area contributed by atoms with E-state index in [1.807, 2.05) is 31.6 Å². The van der Waals surface area contributed by atoms with E-state index in [4.69, 9.17) is 19.9 Å². The molecule has 0 radical (unpaired) electrons. The number of carbonyl (C=O) groups is 7. The Morgan fingerprint density at radius 2 is 1.59 bits per heavy atom. The second-order valence-electron chi connectivity index (χ2n) is 20.5. The zero-order valence-electron chi connectivity index (χ0n) is 43.9. The molecule has 3 amide bonds. The largest absolute Gasteiger partial charge is 0.461 e. The Balaban J connectivity index is 1.30. The molecule has 0 spiro atoms. The number of esters is 1. The van der Waals surface area contributed by atoms with Crippen LogP contribution in [0.25, 0.3) is 0 Å². The first-order valence-corrected chi connectivity index (χ1v) is 27.3. The number of anilines is 1. The lowest BCUT2D eigenvalue weighted by molar-refractivity contribution is -0.145. The number of rotatable bonds is 37. The standard InChI is InChI=1S/C53H86N7O10P/c1-8-14-42(32-38(3)61)46(62)18-11-10-16-39-19-23-41(24-20-39)51(67)71-37-44-33-60(59-58-44)52(4,5)28-31-70-53(6,7)27-30-55-47(63)35-68-36-48(64)57-45(17-12-13-29-54)50(66)56-43-25-21-40(22-26-43)34-69-49(65)15-9-2/h21-22,25-26,33,39,41-42,45,71H,8-20,23-24,27-32,34-37,54H2,1-7H3,(H,55,63)(H,56,66)(H,57,64). The van der Waals surface area contributed by atoms with Crippen molar-refractivity contribution in [1.82, 2.24) is 25.6 Å². The molecule has 1 fully saturated rings. The van der Waals surface area contributed by atoms with Crippen molar-refractivity contribution < 1.29 is 47.8 Å². The van der Waals surface area contributed by atoms with Crippen molar-refractivity contribution >= 4 is 55.0 Å². The van der Waals surface area contributed by atoms with E-state index >= 15 is 0 Å². The van der Waals surface area contributed by atoms with Gasteiger partial charge in [0.25, 0.3) is 0 Å². The number of carbonyl (C=O) groups excluding carboxylic acids is 7. The molecular formula is C53H86N7O10P. The number of nitrogens with one attached hydrogen (secondary N) is 3. The van der Waals surface area contributed by atoms with E-state index in [-0.39, 0.29) is 57.1 Å². The molecule has 3 unspecified atom stereocenters. The van der Waals surface area contributed by atoms with Gasteiger partial charge in [-0.15, -0.1) is 5.10 Å². The van der Waals surface area contributed by atoms with Gasteiger partial charge >= 0.3 is 5.97 Å². The van der Waals surface area contributed by atoms with Crippen molar-refractivity contribution in [2.24, 2.45) is 23.5 Å². The second kappa shape index (κ2) is 32.6. The normalized spacial score (nSPS) is 16.1. The summed E-state index contributed by atoms with van der Waals surface area (Å²) in [4.78, 5) is 87.7. The highest BCUT2D eigenvalue weighted by Crippen LogP contribution is 2.37. The molecule has 2 aromatic rings. The van der Waals surface area contributed by atoms with Crippen molar-refractivity contribution in [3.63, 3.8) is 0 Å². The van der Waals surface area contributed by atoms with E-state index in [9.17, 15) is 33.6 Å². The van der Waals surface area contributed by atoms with Crippen LogP contribution in [0.1, 0.15) is 175 Å². The molecule has 0 saturated heterocycles. The zero-order chi connectivity index (χ0) is 52.2. The molecule has 17 nitrogen and oxygen atoms in total. The topological polar surface area (TPSA) is 240 Å². The number of Topliss-reactive ketones (excluding diaryl/α,β-unsaturated/α-hetero) is 2. The Morgan fingerprint density at radius 1 is 0.873 bits per heavy atom. The van der Waals surface area contributed by atoms with Gasteiger partial charge in [0, 0.05) is 62.3 Å². The molecule has 5 N–H and O–H groups in total.